The van der Waals surface area contributed by atoms with Crippen LogP contribution in [0.5, 0.6) is 0 Å². The van der Waals surface area contributed by atoms with E-state index >= 15 is 0 Å². The smallest absolute Gasteiger partial charge is 0.291 e. The topological polar surface area (TPSA) is 63.4 Å². The monoisotopic (exact) mass is 151 g/mol. The third kappa shape index (κ3) is 861. The van der Waals surface area contributed by atoms with Gasteiger partial charge in [-0.2, -0.15) is 0 Å². The van der Waals surface area contributed by atoms with Crippen LogP contribution in [0.1, 0.15) is 0 Å². The van der Waals surface area contributed by atoms with Crippen molar-refractivity contribution in [2.75, 3.05) is 0 Å². The van der Waals surface area contributed by atoms with E-state index in [1.54, 1.807) is 0 Å². The number of nitrogens with zero attached hydrogens (tertiary/aromatic N) is 1. The molecule has 6 heavy (non-hydrogen) atoms. The van der Waals surface area contributed by atoms with Crippen LogP contribution in [0, 0.1) is 10.1 Å². The first-order valence-electron chi connectivity index (χ1n) is 0.565. The van der Waals surface area contributed by atoms with E-state index in [9.17, 15) is 0 Å². The molecule has 0 rings (SSSR count). The normalized spacial score (nSPS) is 4.00. The average Bonchev–Trinajstić information content (AvgIpc) is 0.811. The molecule has 0 aliphatic heterocycles. The van der Waals surface area contributed by atoms with Gasteiger partial charge in [-0.05, 0) is 0 Å². The van der Waals surface area contributed by atoms with E-state index in [4.69, 9.17) is 15.3 Å². The van der Waals surface area contributed by atoms with Gasteiger partial charge >= 0.3 is 0 Å². The molecule has 1 N–H and O–H groups in total. The van der Waals surface area contributed by atoms with Gasteiger partial charge in [0.15, 0.2) is 17.4 Å². The second-order valence-electron chi connectivity index (χ2n) is 0.238. The molecule has 6 heteroatoms. The molecule has 0 aliphatic carbocycles. The second-order valence-corrected chi connectivity index (χ2v) is 0.238. The Morgan fingerprint density at radius 2 is 1.67 bits per heavy atom. The Kier molecular flexibility index (Phi) is 24.4. The summed E-state index contributed by atoms with van der Waals surface area (Å²) in [5, 5.41) is 13.6. The maximum absolute atomic E-state index is 8.36. The van der Waals surface area contributed by atoms with Crippen molar-refractivity contribution in [2.24, 2.45) is 0 Å². The fraction of sp³-hybridized carbons (Fsp3) is 0. The van der Waals surface area contributed by atoms with E-state index in [0.717, 1.165) is 0 Å². The van der Waals surface area contributed by atoms with Crippen LogP contribution in [0.25, 0.3) is 0 Å². The van der Waals surface area contributed by atoms with E-state index < -0.39 is 5.09 Å². The van der Waals surface area contributed by atoms with Crippen molar-refractivity contribution < 1.29 is 26.8 Å². The standard InChI is InChI=1S/Al.HNO3.Ni.3H/c;2-1(3)4;;;;/h;(H,2,3,4);;;;. The summed E-state index contributed by atoms with van der Waals surface area (Å²) >= 11 is 0. The Morgan fingerprint density at radius 1 is 1.67 bits per heavy atom. The molecular weight excluding hydrogens is 148 g/mol. The van der Waals surface area contributed by atoms with E-state index in [0.29, 0.717) is 0 Å². The molecule has 40 valence electrons. The van der Waals surface area contributed by atoms with Gasteiger partial charge in [-0.1, -0.05) is 0 Å². The first-order valence-corrected chi connectivity index (χ1v) is 0.565. The van der Waals surface area contributed by atoms with Gasteiger partial charge in [-0.3, -0.25) is 0 Å². The average molecular weight is 152 g/mol. The van der Waals surface area contributed by atoms with Crippen molar-refractivity contribution in [1.29, 1.82) is 0 Å². The molecule has 0 heterocycles. The summed E-state index contributed by atoms with van der Waals surface area (Å²) in [4.78, 5) is 8.36. The Morgan fingerprint density at radius 3 is 1.67 bits per heavy atom. The Labute approximate surface area is 54.7 Å². The molecule has 0 atom stereocenters. The molecule has 4 nitrogen and oxygen atoms in total. The van der Waals surface area contributed by atoms with Crippen molar-refractivity contribution in [1.82, 2.24) is 0 Å². The van der Waals surface area contributed by atoms with E-state index in [1.165, 1.54) is 0 Å². The van der Waals surface area contributed by atoms with Crippen LogP contribution < -0.4 is 0 Å². The molecule has 0 aliphatic rings. The predicted octanol–water partition coefficient (Wildman–Crippen LogP) is -1.53. The van der Waals surface area contributed by atoms with E-state index in [2.05, 4.69) is 0 Å². The number of hydrogen-bond acceptors (Lipinski definition) is 2. The van der Waals surface area contributed by atoms with Crippen LogP contribution in [0.3, 0.4) is 0 Å². The third-order valence-corrected chi connectivity index (χ3v) is 0. The SMILES string of the molecule is O=[N+]([O-])O.[AlH3].[Ni]. The Balaban J connectivity index is -0.0000000450. The van der Waals surface area contributed by atoms with Gasteiger partial charge in [0.1, 0.15) is 0 Å². The molecule has 0 amide bonds. The van der Waals surface area contributed by atoms with Crippen LogP contribution >= 0.6 is 0 Å². The molecule has 0 unspecified atom stereocenters. The molecule has 0 aromatic carbocycles. The van der Waals surface area contributed by atoms with Gasteiger partial charge in [0.05, 0.1) is 0 Å². The molecule has 0 aromatic rings. The van der Waals surface area contributed by atoms with Crippen molar-refractivity contribution in [3.05, 3.63) is 10.1 Å². The summed E-state index contributed by atoms with van der Waals surface area (Å²) < 4.78 is 0. The maximum atomic E-state index is 8.36. The zero-order valence-corrected chi connectivity index (χ0v) is 3.01. The zero-order chi connectivity index (χ0) is 3.58. The second kappa shape index (κ2) is 8.97. The van der Waals surface area contributed by atoms with Gasteiger partial charge in [-0.15, -0.1) is 10.1 Å². The van der Waals surface area contributed by atoms with E-state index in [1.807, 2.05) is 0 Å². The van der Waals surface area contributed by atoms with Gasteiger partial charge in [0.25, 0.3) is 5.09 Å². The van der Waals surface area contributed by atoms with Crippen LogP contribution in [0.4, 0.5) is 0 Å². The minimum atomic E-state index is -1.50. The van der Waals surface area contributed by atoms with Gasteiger partial charge < -0.3 is 5.21 Å². The predicted molar refractivity (Wildman–Crippen MR) is 18.7 cm³/mol. The molecule has 0 fully saturated rings. The fourth-order valence-corrected chi connectivity index (χ4v) is 0. The van der Waals surface area contributed by atoms with Crippen LogP contribution in [-0.2, 0) is 16.5 Å². The third-order valence-electron chi connectivity index (χ3n) is 0. The van der Waals surface area contributed by atoms with Crippen molar-refractivity contribution >= 4 is 17.4 Å². The summed E-state index contributed by atoms with van der Waals surface area (Å²) in [6, 6.07) is 0. The summed E-state index contributed by atoms with van der Waals surface area (Å²) in [6.07, 6.45) is 0. The maximum Gasteiger partial charge on any atom is 0.291 e. The summed E-state index contributed by atoms with van der Waals surface area (Å²) in [5.41, 5.74) is 0. The molecular formula is H4AlNNiO3. The minimum Gasteiger partial charge on any atom is -0.328 e. The molecule has 0 saturated heterocycles. The quantitative estimate of drug-likeness (QED) is 0.260. The number of hydrogen-bond donors (Lipinski definition) is 1. The van der Waals surface area contributed by atoms with E-state index in [-0.39, 0.29) is 33.9 Å². The van der Waals surface area contributed by atoms with Crippen molar-refractivity contribution in [3.63, 3.8) is 0 Å². The summed E-state index contributed by atoms with van der Waals surface area (Å²) in [7, 11) is 0. The van der Waals surface area contributed by atoms with Gasteiger partial charge in [0.2, 0.25) is 0 Å². The molecule has 0 bridgehead atoms. The Hall–Kier alpha value is 0.226. The Bertz CT molecular complexity index is 33.8. The molecule has 0 radical (unpaired) electrons. The number of rotatable bonds is 0. The van der Waals surface area contributed by atoms with Crippen LogP contribution in [-0.4, -0.2) is 27.7 Å². The first-order chi connectivity index (χ1) is 1.73. The molecule has 0 aromatic heterocycles. The minimum absolute atomic E-state index is 0. The largest absolute Gasteiger partial charge is 0.328 e. The van der Waals surface area contributed by atoms with Crippen LogP contribution in [0.2, 0.25) is 0 Å². The fourth-order valence-electron chi connectivity index (χ4n) is 0. The summed E-state index contributed by atoms with van der Waals surface area (Å²) in [5.74, 6) is 0. The van der Waals surface area contributed by atoms with Crippen molar-refractivity contribution in [3.8, 4) is 0 Å². The molecule has 0 spiro atoms. The van der Waals surface area contributed by atoms with Gasteiger partial charge in [-0.25, -0.2) is 0 Å². The first kappa shape index (κ1) is 16.3. The van der Waals surface area contributed by atoms with Crippen molar-refractivity contribution in [2.45, 2.75) is 0 Å². The van der Waals surface area contributed by atoms with Gasteiger partial charge in [0, 0.05) is 16.5 Å². The molecule has 0 saturated carbocycles. The van der Waals surface area contributed by atoms with Crippen LogP contribution in [0.15, 0.2) is 0 Å². The zero-order valence-electron chi connectivity index (χ0n) is 2.03. The summed E-state index contributed by atoms with van der Waals surface area (Å²) in [6.45, 7) is 0.